The second-order valence-corrected chi connectivity index (χ2v) is 2.96. The summed E-state index contributed by atoms with van der Waals surface area (Å²) in [5.41, 5.74) is 0. The van der Waals surface area contributed by atoms with Gasteiger partial charge in [-0.3, -0.25) is 0 Å². The third-order valence-corrected chi connectivity index (χ3v) is 1.47. The first kappa shape index (κ1) is 22.9. The molecule has 0 bridgehead atoms. The highest BCUT2D eigenvalue weighted by molar-refractivity contribution is 4.18. The molecule has 6 nitrogen and oxygen atoms in total. The zero-order valence-electron chi connectivity index (χ0n) is 12.7. The highest BCUT2D eigenvalue weighted by Crippen LogP contribution is 1.66. The number of hydrogen-bond acceptors (Lipinski definition) is 6. The molecule has 0 aromatic rings. The topological polar surface area (TPSA) is 55.4 Å². The molecule has 0 radical (unpaired) electrons. The predicted octanol–water partition coefficient (Wildman–Crippen LogP) is 0.838. The van der Waals surface area contributed by atoms with E-state index in [-0.39, 0.29) is 0 Å². The van der Waals surface area contributed by atoms with E-state index in [0.29, 0.717) is 39.6 Å². The van der Waals surface area contributed by atoms with Gasteiger partial charge in [-0.05, 0) is 0 Å². The number of methoxy groups -OCH3 is 6. The van der Waals surface area contributed by atoms with E-state index >= 15 is 0 Å². The first-order valence-electron chi connectivity index (χ1n) is 5.68. The molecule has 114 valence electrons. The average Bonchev–Trinajstić information content (AvgIpc) is 2.42. The lowest BCUT2D eigenvalue weighted by Crippen LogP contribution is -1.96. The fourth-order valence-electron chi connectivity index (χ4n) is 0.500. The fraction of sp³-hybridized carbons (Fsp3) is 1.00. The SMILES string of the molecule is COCCOC.COCCOC.COCCOC. The summed E-state index contributed by atoms with van der Waals surface area (Å²) < 4.78 is 27.9. The van der Waals surface area contributed by atoms with Crippen molar-refractivity contribution in [1.82, 2.24) is 0 Å². The largest absolute Gasteiger partial charge is 0.382 e. The highest BCUT2D eigenvalue weighted by atomic mass is 16.5. The van der Waals surface area contributed by atoms with Gasteiger partial charge in [0.2, 0.25) is 0 Å². The Hall–Kier alpha value is -0.240. The summed E-state index contributed by atoms with van der Waals surface area (Å²) >= 11 is 0. The minimum Gasteiger partial charge on any atom is -0.382 e. The van der Waals surface area contributed by atoms with Crippen LogP contribution in [0.5, 0.6) is 0 Å². The summed E-state index contributed by atoms with van der Waals surface area (Å²) in [5, 5.41) is 0. The van der Waals surface area contributed by atoms with Gasteiger partial charge in [0.1, 0.15) is 0 Å². The van der Waals surface area contributed by atoms with Gasteiger partial charge in [0.05, 0.1) is 39.6 Å². The Balaban J connectivity index is -0.000000187. The third kappa shape index (κ3) is 44.7. The molecule has 0 aromatic carbocycles. The predicted molar refractivity (Wildman–Crippen MR) is 71.3 cm³/mol. The van der Waals surface area contributed by atoms with Crippen molar-refractivity contribution in [1.29, 1.82) is 0 Å². The summed E-state index contributed by atoms with van der Waals surface area (Å²) in [5.74, 6) is 0. The molecule has 0 saturated carbocycles. The minimum absolute atomic E-state index is 0.691. The van der Waals surface area contributed by atoms with Gasteiger partial charge < -0.3 is 28.4 Å². The van der Waals surface area contributed by atoms with Crippen molar-refractivity contribution < 1.29 is 28.4 Å². The number of ether oxygens (including phenoxy) is 6. The highest BCUT2D eigenvalue weighted by Gasteiger charge is 1.74. The van der Waals surface area contributed by atoms with Crippen molar-refractivity contribution in [2.24, 2.45) is 0 Å². The van der Waals surface area contributed by atoms with Crippen LogP contribution in [0.15, 0.2) is 0 Å². The Morgan fingerprint density at radius 3 is 0.500 bits per heavy atom. The van der Waals surface area contributed by atoms with Gasteiger partial charge in [0, 0.05) is 42.7 Å². The van der Waals surface area contributed by atoms with Crippen molar-refractivity contribution in [3.05, 3.63) is 0 Å². The Kier molecular flexibility index (Phi) is 38.3. The molecule has 0 N–H and O–H groups in total. The Morgan fingerprint density at radius 2 is 0.444 bits per heavy atom. The van der Waals surface area contributed by atoms with Gasteiger partial charge in [0.15, 0.2) is 0 Å². The lowest BCUT2D eigenvalue weighted by atomic mass is 10.8. The van der Waals surface area contributed by atoms with Crippen LogP contribution in [-0.2, 0) is 28.4 Å². The molecule has 0 aliphatic heterocycles. The molecule has 6 heteroatoms. The molecule has 0 unspecified atom stereocenters. The summed E-state index contributed by atoms with van der Waals surface area (Å²) in [6, 6.07) is 0. The van der Waals surface area contributed by atoms with E-state index in [1.165, 1.54) is 0 Å². The quantitative estimate of drug-likeness (QED) is 0.579. The number of hydrogen-bond donors (Lipinski definition) is 0. The van der Waals surface area contributed by atoms with Crippen LogP contribution in [0.1, 0.15) is 0 Å². The second-order valence-electron chi connectivity index (χ2n) is 2.96. The van der Waals surface area contributed by atoms with Gasteiger partial charge in [0.25, 0.3) is 0 Å². The summed E-state index contributed by atoms with van der Waals surface area (Å²) in [7, 11) is 9.91. The molecule has 0 saturated heterocycles. The van der Waals surface area contributed by atoms with Crippen LogP contribution in [0, 0.1) is 0 Å². The maximum Gasteiger partial charge on any atom is 0.0696 e. The number of rotatable bonds is 9. The molecular formula is C12H30O6. The molecular weight excluding hydrogens is 240 g/mol. The molecule has 0 aliphatic carbocycles. The fourth-order valence-corrected chi connectivity index (χ4v) is 0.500. The van der Waals surface area contributed by atoms with Gasteiger partial charge in [-0.1, -0.05) is 0 Å². The summed E-state index contributed by atoms with van der Waals surface area (Å²) in [6.45, 7) is 4.15. The van der Waals surface area contributed by atoms with E-state index in [1.54, 1.807) is 42.7 Å². The molecule has 0 atom stereocenters. The van der Waals surface area contributed by atoms with Crippen LogP contribution in [-0.4, -0.2) is 82.3 Å². The first-order chi connectivity index (χ1) is 8.74. The van der Waals surface area contributed by atoms with Gasteiger partial charge in [-0.25, -0.2) is 0 Å². The zero-order chi connectivity index (χ0) is 14.5. The molecule has 0 spiro atoms. The van der Waals surface area contributed by atoms with E-state index in [4.69, 9.17) is 0 Å². The molecule has 0 rings (SSSR count). The van der Waals surface area contributed by atoms with E-state index < -0.39 is 0 Å². The Labute approximate surface area is 111 Å². The third-order valence-electron chi connectivity index (χ3n) is 1.47. The van der Waals surface area contributed by atoms with Crippen molar-refractivity contribution in [2.75, 3.05) is 82.3 Å². The van der Waals surface area contributed by atoms with Crippen molar-refractivity contribution >= 4 is 0 Å². The molecule has 0 fully saturated rings. The van der Waals surface area contributed by atoms with Crippen LogP contribution in [0.3, 0.4) is 0 Å². The minimum atomic E-state index is 0.691. The van der Waals surface area contributed by atoms with E-state index in [2.05, 4.69) is 28.4 Å². The molecule has 0 aromatic heterocycles. The monoisotopic (exact) mass is 270 g/mol. The van der Waals surface area contributed by atoms with E-state index in [0.717, 1.165) is 0 Å². The standard InChI is InChI=1S/3C4H10O2/c3*1-5-3-4-6-2/h3*3-4H2,1-2H3. The van der Waals surface area contributed by atoms with Crippen LogP contribution in [0.25, 0.3) is 0 Å². The summed E-state index contributed by atoms with van der Waals surface area (Å²) in [4.78, 5) is 0. The Bertz CT molecular complexity index is 71.5. The molecule has 0 heterocycles. The Morgan fingerprint density at radius 1 is 0.333 bits per heavy atom. The van der Waals surface area contributed by atoms with Crippen LogP contribution in [0.2, 0.25) is 0 Å². The zero-order valence-corrected chi connectivity index (χ0v) is 12.7. The molecule has 18 heavy (non-hydrogen) atoms. The van der Waals surface area contributed by atoms with Crippen molar-refractivity contribution in [3.8, 4) is 0 Å². The van der Waals surface area contributed by atoms with Gasteiger partial charge in [-0.15, -0.1) is 0 Å². The summed E-state index contributed by atoms with van der Waals surface area (Å²) in [6.07, 6.45) is 0. The molecule has 0 aliphatic rings. The van der Waals surface area contributed by atoms with E-state index in [1.807, 2.05) is 0 Å². The maximum atomic E-state index is 4.66. The van der Waals surface area contributed by atoms with Crippen LogP contribution < -0.4 is 0 Å². The van der Waals surface area contributed by atoms with Crippen LogP contribution in [0.4, 0.5) is 0 Å². The van der Waals surface area contributed by atoms with Crippen molar-refractivity contribution in [3.63, 3.8) is 0 Å². The maximum absolute atomic E-state index is 4.66. The lowest BCUT2D eigenvalue weighted by molar-refractivity contribution is 0.103. The van der Waals surface area contributed by atoms with Gasteiger partial charge >= 0.3 is 0 Å². The van der Waals surface area contributed by atoms with Crippen LogP contribution >= 0.6 is 0 Å². The average molecular weight is 270 g/mol. The second kappa shape index (κ2) is 30.1. The normalized spacial score (nSPS) is 9.00. The smallest absolute Gasteiger partial charge is 0.0696 e. The molecule has 0 amide bonds. The van der Waals surface area contributed by atoms with Gasteiger partial charge in [-0.2, -0.15) is 0 Å². The lowest BCUT2D eigenvalue weighted by Gasteiger charge is -1.91. The van der Waals surface area contributed by atoms with E-state index in [9.17, 15) is 0 Å². The first-order valence-corrected chi connectivity index (χ1v) is 5.68. The van der Waals surface area contributed by atoms with Crippen molar-refractivity contribution in [2.45, 2.75) is 0 Å².